The van der Waals surface area contributed by atoms with Gasteiger partial charge in [0.05, 0.1) is 16.2 Å². The number of benzene rings is 2. The Morgan fingerprint density at radius 3 is 2.44 bits per heavy atom. The Morgan fingerprint density at radius 1 is 1.20 bits per heavy atom. The first-order valence-electron chi connectivity index (χ1n) is 6.78. The average Bonchev–Trinajstić information content (AvgIpc) is 2.51. The Hall–Kier alpha value is -2.39. The van der Waals surface area contributed by atoms with Crippen molar-refractivity contribution in [3.63, 3.8) is 0 Å². The van der Waals surface area contributed by atoms with Crippen molar-refractivity contribution in [2.75, 3.05) is 10.6 Å². The molecule has 0 amide bonds. The smallest absolute Gasteiger partial charge is 0.332 e. The molecule has 0 aliphatic rings. The fourth-order valence-corrected chi connectivity index (χ4v) is 2.40. The topological polar surface area (TPSA) is 67.2 Å². The number of hydrogen-bond donors (Lipinski definition) is 2. The van der Waals surface area contributed by atoms with Gasteiger partial charge in [0.25, 0.3) is 5.69 Å². The summed E-state index contributed by atoms with van der Waals surface area (Å²) in [7, 11) is 0. The molecule has 0 bridgehead atoms. The number of thiocarbonyl (C=S) groups is 1. The van der Waals surface area contributed by atoms with Crippen LogP contribution in [0.4, 0.5) is 30.2 Å². The van der Waals surface area contributed by atoms with E-state index in [0.717, 1.165) is 12.1 Å². The van der Waals surface area contributed by atoms with Crippen LogP contribution in [-0.2, 0) is 6.18 Å². The molecular weight excluding hydrogens is 379 g/mol. The first-order valence-corrected chi connectivity index (χ1v) is 7.57. The molecule has 0 heterocycles. The normalized spacial score (nSPS) is 11.1. The van der Waals surface area contributed by atoms with E-state index in [2.05, 4.69) is 10.6 Å². The highest BCUT2D eigenvalue weighted by Crippen LogP contribution is 2.37. The van der Waals surface area contributed by atoms with Gasteiger partial charge in [-0.05, 0) is 42.9 Å². The SMILES string of the molecule is Cc1c(Cl)cccc1NC(=S)Nc1ccc([N+](=O)[O-])cc1C(F)(F)F. The van der Waals surface area contributed by atoms with Gasteiger partial charge in [0.15, 0.2) is 5.11 Å². The second kappa shape index (κ2) is 7.24. The Balaban J connectivity index is 2.28. The van der Waals surface area contributed by atoms with E-state index in [0.29, 0.717) is 22.3 Å². The third-order valence-electron chi connectivity index (χ3n) is 3.28. The summed E-state index contributed by atoms with van der Waals surface area (Å²) in [6.07, 6.45) is -4.78. The highest BCUT2D eigenvalue weighted by atomic mass is 35.5. The van der Waals surface area contributed by atoms with Gasteiger partial charge in [-0.3, -0.25) is 10.1 Å². The van der Waals surface area contributed by atoms with Gasteiger partial charge in [-0.15, -0.1) is 0 Å². The Kier molecular flexibility index (Phi) is 5.48. The van der Waals surface area contributed by atoms with Gasteiger partial charge in [0.1, 0.15) is 0 Å². The lowest BCUT2D eigenvalue weighted by Crippen LogP contribution is -2.22. The molecule has 0 radical (unpaired) electrons. The van der Waals surface area contributed by atoms with Gasteiger partial charge >= 0.3 is 6.18 Å². The molecule has 0 saturated carbocycles. The maximum absolute atomic E-state index is 13.1. The Labute approximate surface area is 150 Å². The van der Waals surface area contributed by atoms with Crippen molar-refractivity contribution in [3.8, 4) is 0 Å². The lowest BCUT2D eigenvalue weighted by Gasteiger charge is -2.17. The summed E-state index contributed by atoms with van der Waals surface area (Å²) in [5.74, 6) is 0. The van der Waals surface area contributed by atoms with Crippen molar-refractivity contribution in [3.05, 3.63) is 62.7 Å². The van der Waals surface area contributed by atoms with Crippen molar-refractivity contribution in [2.45, 2.75) is 13.1 Å². The number of rotatable bonds is 3. The first kappa shape index (κ1) is 18.9. The lowest BCUT2D eigenvalue weighted by molar-refractivity contribution is -0.385. The Bertz CT molecular complexity index is 843. The summed E-state index contributed by atoms with van der Waals surface area (Å²) < 4.78 is 39.4. The molecule has 2 rings (SSSR count). The number of alkyl halides is 3. The summed E-state index contributed by atoms with van der Waals surface area (Å²) in [6.45, 7) is 1.72. The molecule has 10 heteroatoms. The van der Waals surface area contributed by atoms with Crippen molar-refractivity contribution in [1.82, 2.24) is 0 Å². The molecule has 0 aromatic heterocycles. The van der Waals surface area contributed by atoms with Crippen LogP contribution in [0.15, 0.2) is 36.4 Å². The largest absolute Gasteiger partial charge is 0.418 e. The monoisotopic (exact) mass is 389 g/mol. The zero-order valence-electron chi connectivity index (χ0n) is 12.6. The van der Waals surface area contributed by atoms with Crippen LogP contribution < -0.4 is 10.6 Å². The van der Waals surface area contributed by atoms with Crippen LogP contribution in [0.3, 0.4) is 0 Å². The second-order valence-corrected chi connectivity index (χ2v) is 5.79. The van der Waals surface area contributed by atoms with E-state index in [-0.39, 0.29) is 5.11 Å². The molecular formula is C15H11ClF3N3O2S. The van der Waals surface area contributed by atoms with E-state index in [1.165, 1.54) is 0 Å². The van der Waals surface area contributed by atoms with E-state index in [4.69, 9.17) is 23.8 Å². The van der Waals surface area contributed by atoms with Crippen molar-refractivity contribution in [2.24, 2.45) is 0 Å². The molecule has 0 saturated heterocycles. The van der Waals surface area contributed by atoms with Crippen LogP contribution in [0.1, 0.15) is 11.1 Å². The third kappa shape index (κ3) is 4.58. The summed E-state index contributed by atoms with van der Waals surface area (Å²) in [4.78, 5) is 9.79. The number of nitro groups is 1. The Morgan fingerprint density at radius 2 is 1.84 bits per heavy atom. The van der Waals surface area contributed by atoms with Crippen molar-refractivity contribution < 1.29 is 18.1 Å². The van der Waals surface area contributed by atoms with Crippen LogP contribution in [0.25, 0.3) is 0 Å². The van der Waals surface area contributed by atoms with Gasteiger partial charge in [0, 0.05) is 22.8 Å². The van der Waals surface area contributed by atoms with E-state index in [1.54, 1.807) is 25.1 Å². The minimum atomic E-state index is -4.78. The summed E-state index contributed by atoms with van der Waals surface area (Å²) in [5, 5.41) is 16.2. The number of nitrogens with one attached hydrogen (secondary N) is 2. The molecule has 0 aliphatic heterocycles. The lowest BCUT2D eigenvalue weighted by atomic mass is 10.1. The minimum absolute atomic E-state index is 0.107. The maximum Gasteiger partial charge on any atom is 0.418 e. The molecule has 0 unspecified atom stereocenters. The second-order valence-electron chi connectivity index (χ2n) is 4.98. The zero-order valence-corrected chi connectivity index (χ0v) is 14.2. The minimum Gasteiger partial charge on any atom is -0.332 e. The highest BCUT2D eigenvalue weighted by Gasteiger charge is 2.35. The highest BCUT2D eigenvalue weighted by molar-refractivity contribution is 7.80. The molecule has 0 spiro atoms. The summed E-state index contributed by atoms with van der Waals surface area (Å²) >= 11 is 11.0. The van der Waals surface area contributed by atoms with E-state index in [9.17, 15) is 23.3 Å². The molecule has 5 nitrogen and oxygen atoms in total. The number of non-ortho nitro benzene ring substituents is 1. The molecule has 2 aromatic carbocycles. The van der Waals surface area contributed by atoms with Crippen LogP contribution in [0.5, 0.6) is 0 Å². The fraction of sp³-hybridized carbons (Fsp3) is 0.133. The van der Waals surface area contributed by atoms with Crippen LogP contribution in [-0.4, -0.2) is 10.0 Å². The number of nitrogens with zero attached hydrogens (tertiary/aromatic N) is 1. The average molecular weight is 390 g/mol. The third-order valence-corrected chi connectivity index (χ3v) is 3.90. The molecule has 2 aromatic rings. The zero-order chi connectivity index (χ0) is 18.8. The number of anilines is 2. The summed E-state index contributed by atoms with van der Waals surface area (Å²) in [5.41, 5.74) is -1.04. The van der Waals surface area contributed by atoms with Crippen LogP contribution >= 0.6 is 23.8 Å². The van der Waals surface area contributed by atoms with Gasteiger partial charge in [-0.25, -0.2) is 0 Å². The van der Waals surface area contributed by atoms with E-state index >= 15 is 0 Å². The number of nitro benzene ring substituents is 1. The van der Waals surface area contributed by atoms with Crippen LogP contribution in [0, 0.1) is 17.0 Å². The number of halogens is 4. The van der Waals surface area contributed by atoms with Crippen molar-refractivity contribution >= 4 is 46.0 Å². The van der Waals surface area contributed by atoms with Gasteiger partial charge in [0.2, 0.25) is 0 Å². The van der Waals surface area contributed by atoms with Gasteiger partial charge in [-0.1, -0.05) is 17.7 Å². The molecule has 25 heavy (non-hydrogen) atoms. The van der Waals surface area contributed by atoms with Crippen molar-refractivity contribution in [1.29, 1.82) is 0 Å². The predicted octanol–water partition coefficient (Wildman–Crippen LogP) is 5.38. The van der Waals surface area contributed by atoms with E-state index in [1.807, 2.05) is 0 Å². The number of hydrogen-bond acceptors (Lipinski definition) is 3. The molecule has 2 N–H and O–H groups in total. The van der Waals surface area contributed by atoms with Gasteiger partial charge in [-0.2, -0.15) is 13.2 Å². The summed E-state index contributed by atoms with van der Waals surface area (Å²) in [6, 6.07) is 7.36. The van der Waals surface area contributed by atoms with Crippen LogP contribution in [0.2, 0.25) is 5.02 Å². The van der Waals surface area contributed by atoms with Gasteiger partial charge < -0.3 is 10.6 Å². The molecule has 0 aliphatic carbocycles. The molecule has 0 fully saturated rings. The van der Waals surface area contributed by atoms with E-state index < -0.39 is 28.0 Å². The first-order chi connectivity index (χ1) is 11.6. The molecule has 132 valence electrons. The quantitative estimate of drug-likeness (QED) is 0.419. The molecule has 0 atom stereocenters. The standard InChI is InChI=1S/C15H11ClF3N3O2S/c1-8-11(16)3-2-4-12(8)20-14(25)21-13-6-5-9(22(23)24)7-10(13)15(17,18)19/h2-7H,1H3,(H2,20,21,25). The maximum atomic E-state index is 13.1. The fourth-order valence-electron chi connectivity index (χ4n) is 2.01. The predicted molar refractivity (Wildman–Crippen MR) is 94.1 cm³/mol.